The number of carbonyl (C=O) groups excluding carboxylic acids is 1. The van der Waals surface area contributed by atoms with Gasteiger partial charge in [-0.2, -0.15) is 0 Å². The van der Waals surface area contributed by atoms with E-state index in [-0.39, 0.29) is 27.0 Å². The minimum atomic E-state index is -1.33. The number of hydrogen-bond acceptors (Lipinski definition) is 3. The van der Waals surface area contributed by atoms with Crippen molar-refractivity contribution in [1.82, 2.24) is 4.98 Å². The average Bonchev–Trinajstić information content (AvgIpc) is 2.42. The van der Waals surface area contributed by atoms with E-state index in [1.54, 1.807) is 0 Å². The molecule has 1 aromatic heterocycles. The fourth-order valence-electron chi connectivity index (χ4n) is 1.64. The lowest BCUT2D eigenvalue weighted by atomic mass is 10.1. The third-order valence-electron chi connectivity index (χ3n) is 2.57. The van der Waals surface area contributed by atoms with Gasteiger partial charge in [0.15, 0.2) is 0 Å². The molecule has 0 bridgehead atoms. The van der Waals surface area contributed by atoms with Gasteiger partial charge in [0.05, 0.1) is 15.7 Å². The number of aromatic amines is 1. The van der Waals surface area contributed by atoms with Gasteiger partial charge in [-0.3, -0.25) is 9.59 Å². The second-order valence-corrected chi connectivity index (χ2v) is 4.78. The molecular formula is C13H8Cl2N2O4. The molecule has 0 saturated carbocycles. The Morgan fingerprint density at radius 3 is 2.38 bits per heavy atom. The predicted molar refractivity (Wildman–Crippen MR) is 78.4 cm³/mol. The van der Waals surface area contributed by atoms with E-state index in [0.717, 1.165) is 0 Å². The van der Waals surface area contributed by atoms with Gasteiger partial charge < -0.3 is 15.4 Å². The largest absolute Gasteiger partial charge is 0.478 e. The van der Waals surface area contributed by atoms with Crippen molar-refractivity contribution >= 4 is 40.8 Å². The quantitative estimate of drug-likeness (QED) is 0.807. The number of pyridine rings is 1. The number of hydrogen-bond donors (Lipinski definition) is 3. The zero-order valence-electron chi connectivity index (χ0n) is 10.3. The normalized spacial score (nSPS) is 10.2. The highest BCUT2D eigenvalue weighted by atomic mass is 35.5. The summed E-state index contributed by atoms with van der Waals surface area (Å²) in [5, 5.41) is 11.4. The summed E-state index contributed by atoms with van der Waals surface area (Å²) in [6.07, 6.45) is 0. The molecule has 0 unspecified atom stereocenters. The number of H-pyrrole nitrogens is 1. The smallest absolute Gasteiger partial charge is 0.339 e. The molecule has 1 heterocycles. The Bertz CT molecular complexity index is 786. The first-order valence-corrected chi connectivity index (χ1v) is 6.37. The summed E-state index contributed by atoms with van der Waals surface area (Å²) in [7, 11) is 0. The molecule has 0 aliphatic rings. The number of aromatic nitrogens is 1. The summed E-state index contributed by atoms with van der Waals surface area (Å²) < 4.78 is 0. The molecule has 21 heavy (non-hydrogen) atoms. The van der Waals surface area contributed by atoms with Gasteiger partial charge in [-0.1, -0.05) is 29.3 Å². The van der Waals surface area contributed by atoms with Gasteiger partial charge in [-0.05, 0) is 18.2 Å². The van der Waals surface area contributed by atoms with Crippen LogP contribution in [0.25, 0.3) is 0 Å². The first-order valence-electron chi connectivity index (χ1n) is 5.62. The van der Waals surface area contributed by atoms with Crippen molar-refractivity contribution in [2.75, 3.05) is 5.32 Å². The molecule has 1 amide bonds. The molecule has 2 rings (SSSR count). The molecule has 3 N–H and O–H groups in total. The lowest BCUT2D eigenvalue weighted by Gasteiger charge is -2.11. The van der Waals surface area contributed by atoms with Crippen LogP contribution in [-0.4, -0.2) is 22.0 Å². The van der Waals surface area contributed by atoms with E-state index in [2.05, 4.69) is 10.3 Å². The molecule has 6 nitrogen and oxygen atoms in total. The van der Waals surface area contributed by atoms with Gasteiger partial charge in [-0.25, -0.2) is 4.79 Å². The van der Waals surface area contributed by atoms with Gasteiger partial charge in [0.1, 0.15) is 11.3 Å². The Morgan fingerprint density at radius 2 is 1.76 bits per heavy atom. The number of rotatable bonds is 3. The maximum atomic E-state index is 12.0. The Hall–Kier alpha value is -2.31. The number of carboxylic acids is 1. The van der Waals surface area contributed by atoms with E-state index in [9.17, 15) is 14.4 Å². The zero-order chi connectivity index (χ0) is 15.6. The third kappa shape index (κ3) is 3.24. The molecule has 0 aliphatic carbocycles. The van der Waals surface area contributed by atoms with Crippen LogP contribution in [0.15, 0.2) is 35.1 Å². The molecule has 2 aromatic rings. The Kier molecular flexibility index (Phi) is 4.30. The van der Waals surface area contributed by atoms with Crippen molar-refractivity contribution in [3.05, 3.63) is 62.0 Å². The van der Waals surface area contributed by atoms with Crippen molar-refractivity contribution in [2.24, 2.45) is 0 Å². The second kappa shape index (κ2) is 5.99. The minimum Gasteiger partial charge on any atom is -0.478 e. The Balaban J connectivity index is 2.44. The maximum Gasteiger partial charge on any atom is 0.339 e. The first-order chi connectivity index (χ1) is 9.90. The molecule has 0 radical (unpaired) electrons. The van der Waals surface area contributed by atoms with Crippen LogP contribution in [0.4, 0.5) is 5.69 Å². The lowest BCUT2D eigenvalue weighted by Crippen LogP contribution is -2.19. The van der Waals surface area contributed by atoms with Crippen LogP contribution < -0.4 is 10.9 Å². The second-order valence-electron chi connectivity index (χ2n) is 3.97. The average molecular weight is 327 g/mol. The number of nitrogens with one attached hydrogen (secondary N) is 2. The number of aromatic carboxylic acids is 1. The summed E-state index contributed by atoms with van der Waals surface area (Å²) in [6.45, 7) is 0. The Labute approximate surface area is 128 Å². The third-order valence-corrected chi connectivity index (χ3v) is 3.20. The summed E-state index contributed by atoms with van der Waals surface area (Å²) in [4.78, 5) is 36.7. The van der Waals surface area contributed by atoms with Crippen molar-refractivity contribution in [2.45, 2.75) is 0 Å². The number of anilines is 1. The van der Waals surface area contributed by atoms with Crippen LogP contribution >= 0.6 is 23.2 Å². The van der Waals surface area contributed by atoms with Gasteiger partial charge in [0, 0.05) is 6.07 Å². The van der Waals surface area contributed by atoms with Crippen LogP contribution in [0.2, 0.25) is 10.0 Å². The molecule has 0 saturated heterocycles. The van der Waals surface area contributed by atoms with Crippen molar-refractivity contribution in [1.29, 1.82) is 0 Å². The maximum absolute atomic E-state index is 12.0. The first kappa shape index (κ1) is 15.1. The predicted octanol–water partition coefficient (Wildman–Crippen LogP) is 2.63. The number of benzene rings is 1. The van der Waals surface area contributed by atoms with Gasteiger partial charge in [-0.15, -0.1) is 0 Å². The van der Waals surface area contributed by atoms with Gasteiger partial charge in [0.2, 0.25) is 5.56 Å². The van der Waals surface area contributed by atoms with E-state index in [0.29, 0.717) is 0 Å². The SMILES string of the molecule is O=C(Nc1c(Cl)ccc(Cl)c1C(=O)O)c1cccc(=O)[nH]1. The molecular weight excluding hydrogens is 319 g/mol. The molecule has 0 atom stereocenters. The fraction of sp³-hybridized carbons (Fsp3) is 0. The van der Waals surface area contributed by atoms with Crippen LogP contribution in [0.1, 0.15) is 20.8 Å². The summed E-state index contributed by atoms with van der Waals surface area (Å²) in [5.41, 5.74) is -0.949. The van der Waals surface area contributed by atoms with Crippen molar-refractivity contribution < 1.29 is 14.7 Å². The highest BCUT2D eigenvalue weighted by Crippen LogP contribution is 2.32. The minimum absolute atomic E-state index is 0.0171. The highest BCUT2D eigenvalue weighted by molar-refractivity contribution is 6.38. The number of amides is 1. The van der Waals surface area contributed by atoms with Crippen molar-refractivity contribution in [3.63, 3.8) is 0 Å². The summed E-state index contributed by atoms with van der Waals surface area (Å²) >= 11 is 11.7. The van der Waals surface area contributed by atoms with Crippen LogP contribution in [0.5, 0.6) is 0 Å². The van der Waals surface area contributed by atoms with Crippen LogP contribution in [0.3, 0.4) is 0 Å². The number of carboxylic acid groups (broad SMARTS) is 1. The van der Waals surface area contributed by atoms with E-state index >= 15 is 0 Å². The standard InChI is InChI=1S/C13H8Cl2N2O4/c14-6-4-5-7(15)11(10(6)13(20)21)17-12(19)8-2-1-3-9(18)16-8/h1-5H,(H,16,18)(H,17,19)(H,20,21). The zero-order valence-corrected chi connectivity index (χ0v) is 11.8. The molecule has 0 spiro atoms. The Morgan fingerprint density at radius 1 is 1.10 bits per heavy atom. The van der Waals surface area contributed by atoms with E-state index < -0.39 is 17.4 Å². The molecule has 108 valence electrons. The molecule has 1 aromatic carbocycles. The highest BCUT2D eigenvalue weighted by Gasteiger charge is 2.20. The number of halogens is 2. The van der Waals surface area contributed by atoms with Gasteiger partial charge >= 0.3 is 5.97 Å². The summed E-state index contributed by atoms with van der Waals surface area (Å²) in [5.74, 6) is -2.04. The topological polar surface area (TPSA) is 99.3 Å². The fourth-order valence-corrected chi connectivity index (χ4v) is 2.09. The summed E-state index contributed by atoms with van der Waals surface area (Å²) in [6, 6.07) is 6.68. The van der Waals surface area contributed by atoms with E-state index in [1.165, 1.54) is 30.3 Å². The molecule has 8 heteroatoms. The molecule has 0 fully saturated rings. The monoisotopic (exact) mass is 326 g/mol. The van der Waals surface area contributed by atoms with Crippen LogP contribution in [0, 0.1) is 0 Å². The molecule has 0 aliphatic heterocycles. The number of carbonyl (C=O) groups is 2. The van der Waals surface area contributed by atoms with Gasteiger partial charge in [0.25, 0.3) is 5.91 Å². The van der Waals surface area contributed by atoms with E-state index in [1.807, 2.05) is 0 Å². The lowest BCUT2D eigenvalue weighted by molar-refractivity contribution is 0.0698. The van der Waals surface area contributed by atoms with E-state index in [4.69, 9.17) is 28.3 Å². The van der Waals surface area contributed by atoms with Crippen LogP contribution in [-0.2, 0) is 0 Å². The van der Waals surface area contributed by atoms with Crippen molar-refractivity contribution in [3.8, 4) is 0 Å².